The van der Waals surface area contributed by atoms with Crippen molar-refractivity contribution in [3.05, 3.63) is 83.1 Å². The third-order valence-corrected chi connectivity index (χ3v) is 6.80. The first kappa shape index (κ1) is 17.5. The van der Waals surface area contributed by atoms with Crippen LogP contribution in [0.1, 0.15) is 35.7 Å². The molecule has 0 unspecified atom stereocenters. The van der Waals surface area contributed by atoms with E-state index in [1.54, 1.807) is 6.08 Å². The van der Waals surface area contributed by atoms with Crippen molar-refractivity contribution in [3.8, 4) is 0 Å². The van der Waals surface area contributed by atoms with Crippen LogP contribution in [0.25, 0.3) is 10.9 Å². The number of carbonyl (C=O) groups is 2. The van der Waals surface area contributed by atoms with Crippen LogP contribution in [0.15, 0.2) is 66.2 Å². The molecule has 2 bridgehead atoms. The summed E-state index contributed by atoms with van der Waals surface area (Å²) in [5, 5.41) is 1.21. The van der Waals surface area contributed by atoms with E-state index in [1.807, 2.05) is 47.4 Å². The van der Waals surface area contributed by atoms with Crippen molar-refractivity contribution in [1.29, 1.82) is 0 Å². The number of hydrogen-bond donors (Lipinski definition) is 1. The topological polar surface area (TPSA) is 62.4 Å². The summed E-state index contributed by atoms with van der Waals surface area (Å²) in [6, 6.07) is 17.8. The maximum Gasteiger partial charge on any atom is 0.411 e. The lowest BCUT2D eigenvalue weighted by atomic mass is 9.75. The molecule has 1 fully saturated rings. The van der Waals surface area contributed by atoms with Gasteiger partial charge in [0.05, 0.1) is 12.1 Å². The van der Waals surface area contributed by atoms with E-state index >= 15 is 0 Å². The van der Waals surface area contributed by atoms with E-state index in [0.29, 0.717) is 12.8 Å². The molecule has 0 saturated carbocycles. The Balaban J connectivity index is 1.39. The zero-order chi connectivity index (χ0) is 20.2. The van der Waals surface area contributed by atoms with Gasteiger partial charge in [-0.1, -0.05) is 48.5 Å². The van der Waals surface area contributed by atoms with Gasteiger partial charge in [0.15, 0.2) is 5.78 Å². The van der Waals surface area contributed by atoms with Gasteiger partial charge in [-0.2, -0.15) is 0 Å². The lowest BCUT2D eigenvalue weighted by Crippen LogP contribution is -2.52. The predicted octanol–water partition coefficient (Wildman–Crippen LogP) is 4.69. The molecule has 1 aliphatic carbocycles. The molecule has 0 radical (unpaired) electrons. The Hall–Kier alpha value is -3.34. The van der Waals surface area contributed by atoms with Crippen LogP contribution in [0.2, 0.25) is 0 Å². The number of hydrogen-bond acceptors (Lipinski definition) is 3. The third-order valence-electron chi connectivity index (χ3n) is 6.80. The summed E-state index contributed by atoms with van der Waals surface area (Å²) >= 11 is 0. The molecule has 3 aliphatic rings. The largest absolute Gasteiger partial charge is 0.445 e. The summed E-state index contributed by atoms with van der Waals surface area (Å²) in [4.78, 5) is 30.9. The Kier molecular flexibility index (Phi) is 3.85. The number of fused-ring (bicyclic) bond motifs is 8. The molecule has 3 atom stereocenters. The van der Waals surface area contributed by atoms with E-state index < -0.39 is 0 Å². The summed E-state index contributed by atoms with van der Waals surface area (Å²) < 4.78 is 5.73. The number of benzene rings is 2. The third kappa shape index (κ3) is 2.61. The van der Waals surface area contributed by atoms with Gasteiger partial charge < -0.3 is 9.72 Å². The molecular weight excluding hydrogens is 376 g/mol. The fraction of sp³-hybridized carbons (Fsp3) is 0.280. The second-order valence-corrected chi connectivity index (χ2v) is 8.49. The smallest absolute Gasteiger partial charge is 0.411 e. The summed E-state index contributed by atoms with van der Waals surface area (Å²) in [7, 11) is 0. The Morgan fingerprint density at radius 1 is 1.03 bits per heavy atom. The number of amides is 1. The minimum absolute atomic E-state index is 0.0949. The van der Waals surface area contributed by atoms with Gasteiger partial charge in [0.25, 0.3) is 0 Å². The second kappa shape index (κ2) is 6.59. The maximum atomic E-state index is 13.3. The number of nitrogens with one attached hydrogen (secondary N) is 1. The van der Waals surface area contributed by atoms with E-state index in [4.69, 9.17) is 4.74 Å². The van der Waals surface area contributed by atoms with Crippen LogP contribution in [0.4, 0.5) is 4.79 Å². The molecule has 5 nitrogen and oxygen atoms in total. The number of nitrogens with zero attached hydrogens (tertiary/aromatic N) is 1. The first-order valence-electron chi connectivity index (χ1n) is 10.5. The maximum absolute atomic E-state index is 13.3. The fourth-order valence-corrected chi connectivity index (χ4v) is 5.51. The molecule has 1 N–H and O–H groups in total. The Morgan fingerprint density at radius 2 is 1.83 bits per heavy atom. The Bertz CT molecular complexity index is 1190. The van der Waals surface area contributed by atoms with Crippen LogP contribution in [0.5, 0.6) is 0 Å². The number of ketones is 1. The van der Waals surface area contributed by atoms with Crippen LogP contribution in [0, 0.1) is 5.92 Å². The molecule has 1 amide bonds. The number of carbonyl (C=O) groups excluding carboxylic acids is 2. The Labute approximate surface area is 174 Å². The molecule has 1 aromatic heterocycles. The summed E-state index contributed by atoms with van der Waals surface area (Å²) in [5.74, 6) is 0.402. The average Bonchev–Trinajstić information content (AvgIpc) is 3.32. The van der Waals surface area contributed by atoms with Crippen LogP contribution >= 0.6 is 0 Å². The van der Waals surface area contributed by atoms with E-state index in [-0.39, 0.29) is 36.5 Å². The summed E-state index contributed by atoms with van der Waals surface area (Å²) in [6.45, 7) is 0.247. The SMILES string of the molecule is O=C1C=C2[C@H](C1)C[C@@H]1c3[nH]c4ccccc4c3C[C@H]2N1C(=O)OCc1ccccc1. The van der Waals surface area contributed by atoms with E-state index in [0.717, 1.165) is 28.8 Å². The van der Waals surface area contributed by atoms with Gasteiger partial charge >= 0.3 is 6.09 Å². The molecule has 1 saturated heterocycles. The van der Waals surface area contributed by atoms with Gasteiger partial charge in [0.2, 0.25) is 0 Å². The first-order chi connectivity index (χ1) is 14.7. The number of H-pyrrole nitrogens is 1. The monoisotopic (exact) mass is 398 g/mol. The van der Waals surface area contributed by atoms with Crippen LogP contribution < -0.4 is 0 Å². The molecule has 2 aromatic carbocycles. The number of aromatic nitrogens is 1. The highest BCUT2D eigenvalue weighted by atomic mass is 16.6. The lowest BCUT2D eigenvalue weighted by Gasteiger charge is -2.48. The zero-order valence-electron chi connectivity index (χ0n) is 16.5. The van der Waals surface area contributed by atoms with Gasteiger partial charge in [-0.15, -0.1) is 0 Å². The number of aromatic amines is 1. The number of allylic oxidation sites excluding steroid dienone is 1. The summed E-state index contributed by atoms with van der Waals surface area (Å²) in [6.07, 6.45) is 3.50. The molecule has 30 heavy (non-hydrogen) atoms. The van der Waals surface area contributed by atoms with Crippen molar-refractivity contribution < 1.29 is 14.3 Å². The highest BCUT2D eigenvalue weighted by Gasteiger charge is 2.50. The van der Waals surface area contributed by atoms with Crippen LogP contribution in [-0.4, -0.2) is 27.8 Å². The predicted molar refractivity (Wildman–Crippen MR) is 113 cm³/mol. The molecule has 5 heteroatoms. The molecule has 0 spiro atoms. The van der Waals surface area contributed by atoms with Crippen molar-refractivity contribution in [2.24, 2.45) is 5.92 Å². The standard InChI is InChI=1S/C25H22N2O3/c28-17-10-16-11-23-24-20(18-8-4-5-9-21(18)26-24)13-22(19(16)12-17)27(23)25(29)30-14-15-6-2-1-3-7-15/h1-9,12,16,22-23,26H,10-11,13-14H2/t16-,22-,23-/m1/s1. The van der Waals surface area contributed by atoms with Gasteiger partial charge in [0.1, 0.15) is 6.61 Å². The Morgan fingerprint density at radius 3 is 2.70 bits per heavy atom. The van der Waals surface area contributed by atoms with E-state index in [9.17, 15) is 9.59 Å². The van der Waals surface area contributed by atoms with Gasteiger partial charge in [-0.3, -0.25) is 9.69 Å². The van der Waals surface area contributed by atoms with Crippen LogP contribution in [0.3, 0.4) is 0 Å². The highest BCUT2D eigenvalue weighted by Crippen LogP contribution is 2.50. The van der Waals surface area contributed by atoms with Crippen LogP contribution in [-0.2, 0) is 22.6 Å². The summed E-state index contributed by atoms with van der Waals surface area (Å²) in [5.41, 5.74) is 5.54. The fourth-order valence-electron chi connectivity index (χ4n) is 5.51. The molecule has 6 rings (SSSR count). The average molecular weight is 398 g/mol. The number of piperidine rings is 1. The quantitative estimate of drug-likeness (QED) is 0.681. The van der Waals surface area contributed by atoms with Gasteiger partial charge in [0, 0.05) is 23.0 Å². The van der Waals surface area contributed by atoms with Crippen molar-refractivity contribution in [2.45, 2.75) is 38.0 Å². The molecule has 3 heterocycles. The number of rotatable bonds is 2. The molecule has 2 aliphatic heterocycles. The molecular formula is C25H22N2O3. The van der Waals surface area contributed by atoms with Gasteiger partial charge in [-0.25, -0.2) is 4.79 Å². The second-order valence-electron chi connectivity index (χ2n) is 8.49. The number of para-hydroxylation sites is 1. The van der Waals surface area contributed by atoms with Crippen molar-refractivity contribution >= 4 is 22.8 Å². The molecule has 3 aromatic rings. The van der Waals surface area contributed by atoms with Crippen molar-refractivity contribution in [2.75, 3.05) is 0 Å². The minimum atomic E-state index is -0.308. The lowest BCUT2D eigenvalue weighted by molar-refractivity contribution is -0.114. The minimum Gasteiger partial charge on any atom is -0.445 e. The normalized spacial score (nSPS) is 24.4. The van der Waals surface area contributed by atoms with Crippen molar-refractivity contribution in [3.63, 3.8) is 0 Å². The highest BCUT2D eigenvalue weighted by molar-refractivity contribution is 5.94. The van der Waals surface area contributed by atoms with Crippen molar-refractivity contribution in [1.82, 2.24) is 9.88 Å². The van der Waals surface area contributed by atoms with Gasteiger partial charge in [-0.05, 0) is 47.6 Å². The van der Waals surface area contributed by atoms with E-state index in [2.05, 4.69) is 17.1 Å². The number of ether oxygens (including phenoxy) is 1. The first-order valence-corrected chi connectivity index (χ1v) is 10.5. The molecule has 150 valence electrons. The van der Waals surface area contributed by atoms with E-state index in [1.165, 1.54) is 10.9 Å². The zero-order valence-corrected chi connectivity index (χ0v) is 16.5.